The van der Waals surface area contributed by atoms with E-state index < -0.39 is 0 Å². The van der Waals surface area contributed by atoms with Gasteiger partial charge in [-0.2, -0.15) is 0 Å². The number of hydrogen-bond acceptors (Lipinski definition) is 3. The zero-order valence-electron chi connectivity index (χ0n) is 28.6. The van der Waals surface area contributed by atoms with Crippen LogP contribution in [-0.4, -0.2) is 15.0 Å². The molecule has 0 N–H and O–H groups in total. The van der Waals surface area contributed by atoms with Gasteiger partial charge in [0.25, 0.3) is 0 Å². The number of benzene rings is 7. The fourth-order valence-corrected chi connectivity index (χ4v) is 7.57. The smallest absolute Gasteiger partial charge is 0.164 e. The Morgan fingerprint density at radius 1 is 0.314 bits per heavy atom. The first-order valence-corrected chi connectivity index (χ1v) is 17.5. The predicted molar refractivity (Wildman–Crippen MR) is 210 cm³/mol. The monoisotopic (exact) mass is 653 g/mol. The number of nitrogens with zero attached hydrogens (tertiary/aromatic N) is 3. The molecule has 0 radical (unpaired) electrons. The van der Waals surface area contributed by atoms with Gasteiger partial charge >= 0.3 is 0 Å². The van der Waals surface area contributed by atoms with Gasteiger partial charge in [-0.05, 0) is 67.8 Å². The lowest BCUT2D eigenvalue weighted by molar-refractivity contribution is 0.660. The summed E-state index contributed by atoms with van der Waals surface area (Å²) in [5.41, 5.74) is 15.1. The predicted octanol–water partition coefficient (Wildman–Crippen LogP) is 12.2. The Bertz CT molecular complexity index is 2540. The van der Waals surface area contributed by atoms with E-state index in [1.807, 2.05) is 24.3 Å². The maximum Gasteiger partial charge on any atom is 0.164 e. The van der Waals surface area contributed by atoms with Crippen molar-refractivity contribution in [3.63, 3.8) is 0 Å². The highest BCUT2D eigenvalue weighted by molar-refractivity contribution is 5.97. The van der Waals surface area contributed by atoms with Gasteiger partial charge in [0.2, 0.25) is 0 Å². The fraction of sp³-hybridized carbons (Fsp3) is 0.0625. The summed E-state index contributed by atoms with van der Waals surface area (Å²) in [6.07, 6.45) is 0. The van der Waals surface area contributed by atoms with E-state index in [1.54, 1.807) is 0 Å². The van der Waals surface area contributed by atoms with Crippen LogP contribution < -0.4 is 0 Å². The molecule has 7 aromatic carbocycles. The molecule has 1 aliphatic carbocycles. The van der Waals surface area contributed by atoms with Crippen LogP contribution in [-0.2, 0) is 5.41 Å². The summed E-state index contributed by atoms with van der Waals surface area (Å²) in [5.74, 6) is 1.92. The third kappa shape index (κ3) is 5.44. The average Bonchev–Trinajstić information content (AvgIpc) is 3.44. The van der Waals surface area contributed by atoms with Crippen molar-refractivity contribution in [1.29, 1.82) is 0 Å². The van der Waals surface area contributed by atoms with Crippen LogP contribution in [0.25, 0.3) is 78.7 Å². The minimum atomic E-state index is -0.0816. The molecule has 0 atom stereocenters. The Hall–Kier alpha value is -6.45. The molecular formula is C48H35N3. The summed E-state index contributed by atoms with van der Waals surface area (Å²) in [7, 11) is 0. The summed E-state index contributed by atoms with van der Waals surface area (Å²) < 4.78 is 0. The van der Waals surface area contributed by atoms with Crippen LogP contribution >= 0.6 is 0 Å². The van der Waals surface area contributed by atoms with Crippen LogP contribution in [0.4, 0.5) is 0 Å². The van der Waals surface area contributed by atoms with E-state index in [9.17, 15) is 0 Å². The molecule has 0 fully saturated rings. The molecule has 0 aliphatic heterocycles. The second-order valence-electron chi connectivity index (χ2n) is 13.6. The Balaban J connectivity index is 1.24. The molecule has 0 saturated heterocycles. The van der Waals surface area contributed by atoms with Gasteiger partial charge in [-0.25, -0.2) is 15.0 Å². The van der Waals surface area contributed by atoms with Crippen molar-refractivity contribution in [1.82, 2.24) is 15.0 Å². The number of aromatic nitrogens is 3. The van der Waals surface area contributed by atoms with Gasteiger partial charge in [-0.1, -0.05) is 178 Å². The molecule has 0 saturated carbocycles. The molecule has 3 heteroatoms. The third-order valence-electron chi connectivity index (χ3n) is 10.2. The van der Waals surface area contributed by atoms with E-state index >= 15 is 0 Å². The number of rotatable bonds is 6. The zero-order valence-corrected chi connectivity index (χ0v) is 28.6. The molecule has 0 unspecified atom stereocenters. The summed E-state index contributed by atoms with van der Waals surface area (Å²) in [4.78, 5) is 15.3. The maximum atomic E-state index is 5.16. The van der Waals surface area contributed by atoms with Crippen LogP contribution in [0.1, 0.15) is 25.0 Å². The van der Waals surface area contributed by atoms with Crippen molar-refractivity contribution in [2.45, 2.75) is 19.3 Å². The average molecular weight is 654 g/mol. The van der Waals surface area contributed by atoms with Gasteiger partial charge in [-0.15, -0.1) is 0 Å². The molecule has 9 rings (SSSR count). The van der Waals surface area contributed by atoms with Crippen LogP contribution in [0.3, 0.4) is 0 Å². The SMILES string of the molecule is CC1(C)c2ccccc2-c2c(-c3ccc(-c4nc(-c5ccccc5)nc(-c5cccc(-c6ccccc6)c5)n4)cc3-c3ccccc3)cccc21. The van der Waals surface area contributed by atoms with Crippen molar-refractivity contribution in [3.8, 4) is 78.7 Å². The molecular weight excluding hydrogens is 619 g/mol. The Labute approximate surface area is 299 Å². The van der Waals surface area contributed by atoms with Gasteiger partial charge in [0.05, 0.1) is 0 Å². The van der Waals surface area contributed by atoms with Gasteiger partial charge in [-0.3, -0.25) is 0 Å². The van der Waals surface area contributed by atoms with Crippen molar-refractivity contribution >= 4 is 0 Å². The van der Waals surface area contributed by atoms with E-state index in [2.05, 4.69) is 166 Å². The summed E-state index contributed by atoms with van der Waals surface area (Å²) in [6, 6.07) is 62.0. The minimum absolute atomic E-state index is 0.0816. The van der Waals surface area contributed by atoms with Crippen LogP contribution in [0.2, 0.25) is 0 Å². The molecule has 0 spiro atoms. The summed E-state index contributed by atoms with van der Waals surface area (Å²) in [5, 5.41) is 0. The molecule has 1 aliphatic rings. The van der Waals surface area contributed by atoms with Crippen LogP contribution in [0.5, 0.6) is 0 Å². The van der Waals surface area contributed by atoms with E-state index in [4.69, 9.17) is 15.0 Å². The first kappa shape index (κ1) is 30.6. The molecule has 1 aromatic heterocycles. The van der Waals surface area contributed by atoms with Crippen LogP contribution in [0, 0.1) is 0 Å². The van der Waals surface area contributed by atoms with E-state index in [1.165, 1.54) is 33.4 Å². The highest BCUT2D eigenvalue weighted by Gasteiger charge is 2.36. The number of fused-ring (bicyclic) bond motifs is 3. The van der Waals surface area contributed by atoms with Crippen molar-refractivity contribution in [2.75, 3.05) is 0 Å². The minimum Gasteiger partial charge on any atom is -0.208 e. The van der Waals surface area contributed by atoms with Crippen LogP contribution in [0.15, 0.2) is 176 Å². The van der Waals surface area contributed by atoms with Crippen molar-refractivity contribution < 1.29 is 0 Å². The molecule has 242 valence electrons. The normalized spacial score (nSPS) is 12.7. The van der Waals surface area contributed by atoms with E-state index in [-0.39, 0.29) is 5.41 Å². The Kier molecular flexibility index (Phi) is 7.48. The first-order valence-electron chi connectivity index (χ1n) is 17.5. The van der Waals surface area contributed by atoms with Crippen molar-refractivity contribution in [3.05, 3.63) is 187 Å². The first-order chi connectivity index (χ1) is 25.0. The van der Waals surface area contributed by atoms with Gasteiger partial charge in [0.1, 0.15) is 0 Å². The third-order valence-corrected chi connectivity index (χ3v) is 10.2. The Morgan fingerprint density at radius 2 is 0.804 bits per heavy atom. The maximum absolute atomic E-state index is 5.16. The molecule has 0 bridgehead atoms. The molecule has 3 nitrogen and oxygen atoms in total. The second-order valence-corrected chi connectivity index (χ2v) is 13.6. The zero-order chi connectivity index (χ0) is 34.4. The fourth-order valence-electron chi connectivity index (χ4n) is 7.57. The largest absolute Gasteiger partial charge is 0.208 e. The highest BCUT2D eigenvalue weighted by atomic mass is 15.0. The molecule has 8 aromatic rings. The molecule has 51 heavy (non-hydrogen) atoms. The second kappa shape index (κ2) is 12.5. The quantitative estimate of drug-likeness (QED) is 0.179. The Morgan fingerprint density at radius 3 is 1.51 bits per heavy atom. The summed E-state index contributed by atoms with van der Waals surface area (Å²) in [6.45, 7) is 4.67. The lowest BCUT2D eigenvalue weighted by Gasteiger charge is -2.22. The molecule has 1 heterocycles. The number of hydrogen-bond donors (Lipinski definition) is 0. The van der Waals surface area contributed by atoms with Gasteiger partial charge < -0.3 is 0 Å². The highest BCUT2D eigenvalue weighted by Crippen LogP contribution is 2.53. The van der Waals surface area contributed by atoms with Crippen molar-refractivity contribution in [2.24, 2.45) is 0 Å². The van der Waals surface area contributed by atoms with Gasteiger partial charge in [0.15, 0.2) is 17.5 Å². The topological polar surface area (TPSA) is 38.7 Å². The standard InChI is InChI=1S/C48H35N3/c1-48(2)42-26-13-12-24-40(42)44-39(25-15-27-43(44)48)38-29-28-37(31-41(38)33-18-8-4-9-19-33)47-50-45(34-20-10-5-11-21-34)49-46(51-47)36-23-14-22-35(30-36)32-16-6-3-7-17-32/h3-31H,1-2H3. The molecule has 0 amide bonds. The van der Waals surface area contributed by atoms with Gasteiger partial charge in [0, 0.05) is 22.1 Å². The lowest BCUT2D eigenvalue weighted by atomic mass is 9.81. The van der Waals surface area contributed by atoms with E-state index in [0.29, 0.717) is 17.5 Å². The van der Waals surface area contributed by atoms with E-state index in [0.717, 1.165) is 38.9 Å². The lowest BCUT2D eigenvalue weighted by Crippen LogP contribution is -2.14. The summed E-state index contributed by atoms with van der Waals surface area (Å²) >= 11 is 0.